The van der Waals surface area contributed by atoms with E-state index in [0.717, 1.165) is 34.9 Å². The molecule has 0 atom stereocenters. The van der Waals surface area contributed by atoms with Gasteiger partial charge in [-0.3, -0.25) is 4.68 Å². The van der Waals surface area contributed by atoms with E-state index in [1.165, 1.54) is 0 Å². The summed E-state index contributed by atoms with van der Waals surface area (Å²) in [5, 5.41) is 12.3. The topological polar surface area (TPSA) is 73.7 Å². The first-order valence-electron chi connectivity index (χ1n) is 7.34. The lowest BCUT2D eigenvalue weighted by Gasteiger charge is -2.05. The van der Waals surface area contributed by atoms with Gasteiger partial charge in [-0.15, -0.1) is 0 Å². The van der Waals surface area contributed by atoms with E-state index in [4.69, 9.17) is 18.0 Å². The Morgan fingerprint density at radius 2 is 1.96 bits per heavy atom. The van der Waals surface area contributed by atoms with Gasteiger partial charge in [-0.2, -0.15) is 10.2 Å². The molecule has 3 rings (SSSR count). The summed E-state index contributed by atoms with van der Waals surface area (Å²) in [7, 11) is 0. The highest BCUT2D eigenvalue weighted by molar-refractivity contribution is 7.80. The lowest BCUT2D eigenvalue weighted by molar-refractivity contribution is 0.653. The third-order valence-corrected chi connectivity index (χ3v) is 3.64. The summed E-state index contributed by atoms with van der Waals surface area (Å²) in [6.45, 7) is 4.91. The van der Waals surface area contributed by atoms with E-state index >= 15 is 0 Å². The predicted molar refractivity (Wildman–Crippen MR) is 95.6 cm³/mol. The number of hydrogen-bond acceptors (Lipinski definition) is 3. The molecule has 23 heavy (non-hydrogen) atoms. The number of hydrogen-bond donors (Lipinski definition) is 2. The van der Waals surface area contributed by atoms with Gasteiger partial charge in [0.2, 0.25) is 0 Å². The maximum absolute atomic E-state index is 5.46. The molecule has 0 bridgehead atoms. The van der Waals surface area contributed by atoms with Gasteiger partial charge in [0.05, 0.1) is 17.1 Å². The van der Waals surface area contributed by atoms with E-state index in [1.807, 2.05) is 59.0 Å². The number of nitrogens with one attached hydrogen (secondary N) is 1. The van der Waals surface area contributed by atoms with Crippen LogP contribution in [-0.2, 0) is 6.54 Å². The fraction of sp³-hybridized carbons (Fsp3) is 0.188. The van der Waals surface area contributed by atoms with Gasteiger partial charge in [0.15, 0.2) is 5.11 Å². The van der Waals surface area contributed by atoms with E-state index in [1.54, 1.807) is 0 Å². The number of anilines is 1. The molecule has 0 saturated carbocycles. The van der Waals surface area contributed by atoms with Crippen molar-refractivity contribution in [2.45, 2.75) is 20.4 Å². The van der Waals surface area contributed by atoms with Crippen molar-refractivity contribution >= 4 is 23.0 Å². The lowest BCUT2D eigenvalue weighted by Crippen LogP contribution is -2.18. The fourth-order valence-electron chi connectivity index (χ4n) is 2.38. The minimum absolute atomic E-state index is 0.252. The van der Waals surface area contributed by atoms with Gasteiger partial charge in [-0.25, -0.2) is 4.68 Å². The molecule has 0 radical (unpaired) electrons. The molecule has 1 aromatic carbocycles. The number of aromatic nitrogens is 4. The van der Waals surface area contributed by atoms with Crippen LogP contribution in [0.25, 0.3) is 16.9 Å². The molecule has 6 nitrogen and oxygen atoms in total. The van der Waals surface area contributed by atoms with Crippen LogP contribution < -0.4 is 11.1 Å². The second kappa shape index (κ2) is 6.21. The van der Waals surface area contributed by atoms with Gasteiger partial charge >= 0.3 is 0 Å². The highest BCUT2D eigenvalue weighted by Crippen LogP contribution is 2.22. The summed E-state index contributed by atoms with van der Waals surface area (Å²) in [5.41, 5.74) is 10.2. The van der Waals surface area contributed by atoms with Crippen LogP contribution in [0.15, 0.2) is 42.7 Å². The molecule has 2 heterocycles. The third-order valence-electron chi connectivity index (χ3n) is 3.53. The van der Waals surface area contributed by atoms with Crippen LogP contribution in [0.3, 0.4) is 0 Å². The molecule has 0 fully saturated rings. The minimum atomic E-state index is 0.252. The normalized spacial score (nSPS) is 10.7. The third kappa shape index (κ3) is 3.24. The van der Waals surface area contributed by atoms with E-state index in [0.29, 0.717) is 0 Å². The first-order chi connectivity index (χ1) is 11.1. The minimum Gasteiger partial charge on any atom is -0.376 e. The van der Waals surface area contributed by atoms with Crippen molar-refractivity contribution in [1.82, 2.24) is 19.6 Å². The van der Waals surface area contributed by atoms with Crippen molar-refractivity contribution in [1.29, 1.82) is 0 Å². The molecule has 0 aliphatic rings. The highest BCUT2D eigenvalue weighted by Gasteiger charge is 2.10. The Bertz CT molecular complexity index is 831. The van der Waals surface area contributed by atoms with Crippen LogP contribution in [-0.4, -0.2) is 24.7 Å². The van der Waals surface area contributed by atoms with Crippen molar-refractivity contribution in [3.8, 4) is 16.9 Å². The molecule has 0 aliphatic carbocycles. The largest absolute Gasteiger partial charge is 0.376 e. The van der Waals surface area contributed by atoms with Crippen LogP contribution in [0.5, 0.6) is 0 Å². The molecule has 3 N–H and O–H groups in total. The maximum Gasteiger partial charge on any atom is 0.168 e. The van der Waals surface area contributed by atoms with E-state index in [-0.39, 0.29) is 5.11 Å². The summed E-state index contributed by atoms with van der Waals surface area (Å²) < 4.78 is 3.75. The van der Waals surface area contributed by atoms with Crippen molar-refractivity contribution in [2.75, 3.05) is 5.32 Å². The predicted octanol–water partition coefficient (Wildman–Crippen LogP) is 2.72. The standard InChI is InChI=1S/C16H18N6S/c1-3-21-10-14(11(2)19-21)15-8-9-22(20-15)13-6-4-12(5-7-13)18-16(17)23/h4-10H,3H2,1-2H3,(H3,17,18,23). The molecular formula is C16H18N6S. The number of aryl methyl sites for hydroxylation is 2. The van der Waals surface area contributed by atoms with Gasteiger partial charge in [-0.05, 0) is 56.4 Å². The van der Waals surface area contributed by atoms with Crippen LogP contribution in [0, 0.1) is 6.92 Å². The molecule has 0 aliphatic heterocycles. The van der Waals surface area contributed by atoms with Crippen molar-refractivity contribution < 1.29 is 0 Å². The Morgan fingerprint density at radius 1 is 1.22 bits per heavy atom. The zero-order valence-corrected chi connectivity index (χ0v) is 13.8. The molecular weight excluding hydrogens is 308 g/mol. The van der Waals surface area contributed by atoms with Crippen molar-refractivity contribution in [3.63, 3.8) is 0 Å². The smallest absolute Gasteiger partial charge is 0.168 e. The molecule has 0 unspecified atom stereocenters. The van der Waals surface area contributed by atoms with Crippen LogP contribution in [0.4, 0.5) is 5.69 Å². The van der Waals surface area contributed by atoms with Gasteiger partial charge in [0.25, 0.3) is 0 Å². The number of nitrogens with two attached hydrogens (primary N) is 1. The van der Waals surface area contributed by atoms with Crippen LogP contribution >= 0.6 is 12.2 Å². The summed E-state index contributed by atoms with van der Waals surface area (Å²) >= 11 is 4.83. The average Bonchev–Trinajstić information content (AvgIpc) is 3.13. The molecule has 3 aromatic rings. The zero-order chi connectivity index (χ0) is 16.4. The number of nitrogens with zero attached hydrogens (tertiary/aromatic N) is 4. The molecule has 0 amide bonds. The van der Waals surface area contributed by atoms with Crippen molar-refractivity contribution in [3.05, 3.63) is 48.4 Å². The first kappa shape index (κ1) is 15.2. The quantitative estimate of drug-likeness (QED) is 0.721. The van der Waals surface area contributed by atoms with Gasteiger partial charge in [-0.1, -0.05) is 0 Å². The maximum atomic E-state index is 5.46. The molecule has 7 heteroatoms. The summed E-state index contributed by atoms with van der Waals surface area (Å²) in [6.07, 6.45) is 3.96. The SMILES string of the molecule is CCn1cc(-c2ccn(-c3ccc(NC(N)=S)cc3)n2)c(C)n1. The van der Waals surface area contributed by atoms with E-state index in [9.17, 15) is 0 Å². The van der Waals surface area contributed by atoms with E-state index < -0.39 is 0 Å². The summed E-state index contributed by atoms with van der Waals surface area (Å²) in [5.74, 6) is 0. The van der Waals surface area contributed by atoms with Gasteiger partial charge in [0, 0.05) is 30.2 Å². The number of rotatable bonds is 4. The summed E-state index contributed by atoms with van der Waals surface area (Å²) in [4.78, 5) is 0. The Kier molecular flexibility index (Phi) is 4.12. The Labute approximate surface area is 139 Å². The van der Waals surface area contributed by atoms with Crippen LogP contribution in [0.2, 0.25) is 0 Å². The number of benzene rings is 1. The second-order valence-electron chi connectivity index (χ2n) is 5.17. The average molecular weight is 326 g/mol. The monoisotopic (exact) mass is 326 g/mol. The Hall–Kier alpha value is -2.67. The van der Waals surface area contributed by atoms with Crippen molar-refractivity contribution in [2.24, 2.45) is 5.73 Å². The fourth-order valence-corrected chi connectivity index (χ4v) is 2.50. The van der Waals surface area contributed by atoms with Gasteiger partial charge in [0.1, 0.15) is 0 Å². The first-order valence-corrected chi connectivity index (χ1v) is 7.74. The zero-order valence-electron chi connectivity index (χ0n) is 13.0. The Balaban J connectivity index is 1.86. The van der Waals surface area contributed by atoms with E-state index in [2.05, 4.69) is 22.4 Å². The van der Waals surface area contributed by atoms with Crippen LogP contribution in [0.1, 0.15) is 12.6 Å². The molecule has 0 spiro atoms. The summed E-state index contributed by atoms with van der Waals surface area (Å²) in [6, 6.07) is 9.73. The highest BCUT2D eigenvalue weighted by atomic mass is 32.1. The lowest BCUT2D eigenvalue weighted by atomic mass is 10.2. The van der Waals surface area contributed by atoms with Gasteiger partial charge < -0.3 is 11.1 Å². The molecule has 0 saturated heterocycles. The number of thiocarbonyl (C=S) groups is 1. The Morgan fingerprint density at radius 3 is 2.57 bits per heavy atom. The molecule has 118 valence electrons. The molecule has 2 aromatic heterocycles. The second-order valence-corrected chi connectivity index (χ2v) is 5.61.